The number of ether oxygens (including phenoxy) is 1. The maximum atomic E-state index is 13.7. The van der Waals surface area contributed by atoms with Crippen molar-refractivity contribution in [2.75, 3.05) is 25.0 Å². The molecule has 1 aliphatic rings. The Morgan fingerprint density at radius 2 is 2.16 bits per heavy atom. The van der Waals surface area contributed by atoms with Crippen LogP contribution in [-0.2, 0) is 0 Å². The van der Waals surface area contributed by atoms with E-state index >= 15 is 0 Å². The van der Waals surface area contributed by atoms with Gasteiger partial charge >= 0.3 is 6.03 Å². The van der Waals surface area contributed by atoms with Crippen molar-refractivity contribution in [2.24, 2.45) is 0 Å². The molecule has 0 spiro atoms. The topological polar surface area (TPSA) is 41.6 Å². The molecule has 19 heavy (non-hydrogen) atoms. The van der Waals surface area contributed by atoms with Gasteiger partial charge in [0.2, 0.25) is 0 Å². The average Bonchev–Trinajstić information content (AvgIpc) is 2.89. The van der Waals surface area contributed by atoms with Gasteiger partial charge in [-0.25, -0.2) is 9.18 Å². The predicted octanol–water partition coefficient (Wildman–Crippen LogP) is 3.51. The van der Waals surface area contributed by atoms with Crippen LogP contribution in [0.5, 0.6) is 5.75 Å². The minimum Gasteiger partial charge on any atom is -0.492 e. The Hall–Kier alpha value is -1.49. The number of carbonyl (C=O) groups is 1. The number of nitrogens with zero attached hydrogens (tertiary/aromatic N) is 1. The molecule has 0 atom stereocenters. The fraction of sp³-hybridized carbons (Fsp3) is 0.462. The van der Waals surface area contributed by atoms with Crippen LogP contribution in [0.3, 0.4) is 0 Å². The van der Waals surface area contributed by atoms with Crippen LogP contribution in [0.1, 0.15) is 19.8 Å². The zero-order valence-corrected chi connectivity index (χ0v) is 11.5. The van der Waals surface area contributed by atoms with Crippen molar-refractivity contribution in [1.82, 2.24) is 4.90 Å². The van der Waals surface area contributed by atoms with Crippen molar-refractivity contribution in [3.05, 3.63) is 23.0 Å². The number of carbonyl (C=O) groups excluding carboxylic acids is 1. The summed E-state index contributed by atoms with van der Waals surface area (Å²) < 4.78 is 19.0. The quantitative estimate of drug-likeness (QED) is 0.924. The Morgan fingerprint density at radius 1 is 1.47 bits per heavy atom. The van der Waals surface area contributed by atoms with Gasteiger partial charge in [0.15, 0.2) is 0 Å². The monoisotopic (exact) mass is 286 g/mol. The number of urea groups is 1. The van der Waals surface area contributed by atoms with Crippen molar-refractivity contribution in [3.63, 3.8) is 0 Å². The Balaban J connectivity index is 2.14. The first-order chi connectivity index (χ1) is 9.11. The molecule has 0 bridgehead atoms. The summed E-state index contributed by atoms with van der Waals surface area (Å²) in [6.45, 7) is 3.64. The summed E-state index contributed by atoms with van der Waals surface area (Å²) in [6.07, 6.45) is 1.97. The molecule has 0 radical (unpaired) electrons. The summed E-state index contributed by atoms with van der Waals surface area (Å²) in [4.78, 5) is 13.6. The largest absolute Gasteiger partial charge is 0.492 e. The second kappa shape index (κ2) is 6.10. The van der Waals surface area contributed by atoms with E-state index in [2.05, 4.69) is 5.32 Å². The van der Waals surface area contributed by atoms with E-state index in [9.17, 15) is 9.18 Å². The molecule has 2 amide bonds. The van der Waals surface area contributed by atoms with Crippen molar-refractivity contribution in [1.29, 1.82) is 0 Å². The van der Waals surface area contributed by atoms with Crippen molar-refractivity contribution in [3.8, 4) is 5.75 Å². The van der Waals surface area contributed by atoms with Crippen LogP contribution in [0.4, 0.5) is 14.9 Å². The highest BCUT2D eigenvalue weighted by molar-refractivity contribution is 6.32. The highest BCUT2D eigenvalue weighted by atomic mass is 35.5. The minimum atomic E-state index is -0.569. The molecule has 1 fully saturated rings. The summed E-state index contributed by atoms with van der Waals surface area (Å²) >= 11 is 5.86. The lowest BCUT2D eigenvalue weighted by molar-refractivity contribution is 0.222. The zero-order chi connectivity index (χ0) is 13.8. The number of amides is 2. The first kappa shape index (κ1) is 13.9. The highest BCUT2D eigenvalue weighted by Crippen LogP contribution is 2.30. The lowest BCUT2D eigenvalue weighted by Crippen LogP contribution is -2.32. The van der Waals surface area contributed by atoms with E-state index in [-0.39, 0.29) is 16.7 Å². The number of anilines is 1. The van der Waals surface area contributed by atoms with Gasteiger partial charge in [0.1, 0.15) is 11.6 Å². The Morgan fingerprint density at radius 3 is 2.79 bits per heavy atom. The van der Waals surface area contributed by atoms with Crippen LogP contribution in [0.25, 0.3) is 0 Å². The second-order valence-electron chi connectivity index (χ2n) is 4.32. The smallest absolute Gasteiger partial charge is 0.321 e. The number of nitrogens with one attached hydrogen (secondary N) is 1. The molecular formula is C13H16ClFN2O2. The van der Waals surface area contributed by atoms with Gasteiger partial charge in [-0.3, -0.25) is 0 Å². The summed E-state index contributed by atoms with van der Waals surface area (Å²) in [5.41, 5.74) is 0.0877. The molecule has 0 unspecified atom stereocenters. The summed E-state index contributed by atoms with van der Waals surface area (Å²) in [5.74, 6) is -0.205. The third-order valence-electron chi connectivity index (χ3n) is 2.96. The standard InChI is InChI=1S/C13H16ClFN2O2/c1-2-19-12-8-11(10(15)7-9(12)14)16-13(18)17-5-3-4-6-17/h7-8H,2-6H2,1H3,(H,16,18). The molecular weight excluding hydrogens is 271 g/mol. The van der Waals surface area contributed by atoms with Crippen LogP contribution >= 0.6 is 11.6 Å². The van der Waals surface area contributed by atoms with Crippen LogP contribution in [0.2, 0.25) is 5.02 Å². The molecule has 0 aliphatic carbocycles. The third-order valence-corrected chi connectivity index (χ3v) is 3.25. The molecule has 0 saturated carbocycles. The normalized spacial score (nSPS) is 14.6. The van der Waals surface area contributed by atoms with E-state index in [1.54, 1.807) is 4.90 Å². The van der Waals surface area contributed by atoms with E-state index in [4.69, 9.17) is 16.3 Å². The van der Waals surface area contributed by atoms with Crippen molar-refractivity contribution >= 4 is 23.3 Å². The highest BCUT2D eigenvalue weighted by Gasteiger charge is 2.19. The molecule has 1 heterocycles. The molecule has 1 aromatic carbocycles. The fourth-order valence-electron chi connectivity index (χ4n) is 2.01. The number of rotatable bonds is 3. The van der Waals surface area contributed by atoms with Crippen molar-refractivity contribution < 1.29 is 13.9 Å². The number of hydrogen-bond acceptors (Lipinski definition) is 2. The van der Waals surface area contributed by atoms with Gasteiger partial charge in [-0.2, -0.15) is 0 Å². The zero-order valence-electron chi connectivity index (χ0n) is 10.7. The number of halogens is 2. The van der Waals surface area contributed by atoms with E-state index < -0.39 is 5.82 Å². The maximum Gasteiger partial charge on any atom is 0.321 e. The van der Waals surface area contributed by atoms with Gasteiger partial charge in [-0.05, 0) is 25.8 Å². The fourth-order valence-corrected chi connectivity index (χ4v) is 2.21. The maximum absolute atomic E-state index is 13.7. The molecule has 1 aliphatic heterocycles. The summed E-state index contributed by atoms with van der Waals surface area (Å²) in [5, 5.41) is 2.74. The summed E-state index contributed by atoms with van der Waals surface area (Å²) in [7, 11) is 0. The third kappa shape index (κ3) is 3.29. The second-order valence-corrected chi connectivity index (χ2v) is 4.73. The number of likely N-dealkylation sites (tertiary alicyclic amines) is 1. The van der Waals surface area contributed by atoms with Gasteiger partial charge in [-0.1, -0.05) is 11.6 Å². The van der Waals surface area contributed by atoms with Crippen molar-refractivity contribution in [2.45, 2.75) is 19.8 Å². The average molecular weight is 287 g/mol. The van der Waals surface area contributed by atoms with Gasteiger partial charge in [-0.15, -0.1) is 0 Å². The molecule has 2 rings (SSSR count). The molecule has 4 nitrogen and oxygen atoms in total. The first-order valence-corrected chi connectivity index (χ1v) is 6.67. The molecule has 0 aromatic heterocycles. The molecule has 1 aromatic rings. The molecule has 1 N–H and O–H groups in total. The molecule has 1 saturated heterocycles. The van der Waals surface area contributed by atoms with Gasteiger partial charge in [0.25, 0.3) is 0 Å². The van der Waals surface area contributed by atoms with Crippen LogP contribution in [0.15, 0.2) is 12.1 Å². The Bertz CT molecular complexity index is 476. The molecule has 104 valence electrons. The van der Waals surface area contributed by atoms with Crippen LogP contribution in [0, 0.1) is 5.82 Å². The SMILES string of the molecule is CCOc1cc(NC(=O)N2CCCC2)c(F)cc1Cl. The van der Waals surface area contributed by atoms with Gasteiger partial charge < -0.3 is 15.0 Å². The Kier molecular flexibility index (Phi) is 4.47. The van der Waals surface area contributed by atoms with Gasteiger partial charge in [0, 0.05) is 19.2 Å². The minimum absolute atomic E-state index is 0.0877. The number of benzene rings is 1. The van der Waals surface area contributed by atoms with Gasteiger partial charge in [0.05, 0.1) is 17.3 Å². The van der Waals surface area contributed by atoms with Crippen LogP contribution in [-0.4, -0.2) is 30.6 Å². The van der Waals surface area contributed by atoms with E-state index in [0.717, 1.165) is 18.9 Å². The first-order valence-electron chi connectivity index (χ1n) is 6.29. The van der Waals surface area contributed by atoms with E-state index in [1.165, 1.54) is 6.07 Å². The lowest BCUT2D eigenvalue weighted by atomic mass is 10.3. The molecule has 6 heteroatoms. The van der Waals surface area contributed by atoms with Crippen LogP contribution < -0.4 is 10.1 Å². The van der Waals surface area contributed by atoms with E-state index in [1.807, 2.05) is 6.92 Å². The Labute approximate surface area is 116 Å². The lowest BCUT2D eigenvalue weighted by Gasteiger charge is -2.17. The summed E-state index contributed by atoms with van der Waals surface area (Å²) in [6, 6.07) is 2.27. The predicted molar refractivity (Wildman–Crippen MR) is 72.4 cm³/mol. The van der Waals surface area contributed by atoms with E-state index in [0.29, 0.717) is 25.4 Å². The number of hydrogen-bond donors (Lipinski definition) is 1.